The zero-order valence-electron chi connectivity index (χ0n) is 11.4. The Labute approximate surface area is 113 Å². The molecule has 2 unspecified atom stereocenters. The van der Waals surface area contributed by atoms with Gasteiger partial charge in [-0.05, 0) is 38.1 Å². The highest BCUT2D eigenvalue weighted by Crippen LogP contribution is 2.27. The molecule has 0 amide bonds. The quantitative estimate of drug-likeness (QED) is 0.724. The lowest BCUT2D eigenvalue weighted by molar-refractivity contribution is 0.0698. The van der Waals surface area contributed by atoms with Crippen molar-refractivity contribution >= 4 is 17.3 Å². The maximum Gasteiger partial charge on any atom is 0.337 e. The number of nitrogens with one attached hydrogen (secondary N) is 1. The first kappa shape index (κ1) is 13.7. The van der Waals surface area contributed by atoms with Gasteiger partial charge in [-0.1, -0.05) is 13.0 Å². The van der Waals surface area contributed by atoms with Crippen molar-refractivity contribution in [2.75, 3.05) is 31.2 Å². The molecule has 1 saturated heterocycles. The Morgan fingerprint density at radius 2 is 2.26 bits per heavy atom. The fourth-order valence-corrected chi connectivity index (χ4v) is 2.65. The number of carbonyl (C=O) groups is 1. The number of hydrogen-bond acceptors (Lipinski definition) is 4. The van der Waals surface area contributed by atoms with E-state index in [0.717, 1.165) is 25.2 Å². The van der Waals surface area contributed by atoms with Crippen LogP contribution >= 0.6 is 0 Å². The van der Waals surface area contributed by atoms with Crippen LogP contribution in [0.5, 0.6) is 0 Å². The lowest BCUT2D eigenvalue weighted by Gasteiger charge is -2.36. The molecule has 19 heavy (non-hydrogen) atoms. The minimum atomic E-state index is -0.988. The standard InChI is InChI=1S/C14H21N3O2/c1-9-8-17(2)7-6-11(9)16-12-5-3-4-10(13(12)15)14(18)19/h3-5,9,11,16H,6-8,15H2,1-2H3,(H,18,19). The van der Waals surface area contributed by atoms with E-state index in [1.165, 1.54) is 6.07 Å². The first-order valence-corrected chi connectivity index (χ1v) is 6.56. The van der Waals surface area contributed by atoms with Crippen LogP contribution in [0.3, 0.4) is 0 Å². The number of para-hydroxylation sites is 1. The summed E-state index contributed by atoms with van der Waals surface area (Å²) < 4.78 is 0. The van der Waals surface area contributed by atoms with Gasteiger partial charge in [0.2, 0.25) is 0 Å². The van der Waals surface area contributed by atoms with E-state index in [1.54, 1.807) is 6.07 Å². The van der Waals surface area contributed by atoms with Crippen LogP contribution < -0.4 is 11.1 Å². The lowest BCUT2D eigenvalue weighted by Crippen LogP contribution is -2.43. The zero-order valence-corrected chi connectivity index (χ0v) is 11.4. The van der Waals surface area contributed by atoms with Gasteiger partial charge in [0.25, 0.3) is 0 Å². The molecule has 1 aromatic rings. The molecule has 5 nitrogen and oxygen atoms in total. The molecule has 1 aliphatic rings. The van der Waals surface area contributed by atoms with E-state index in [9.17, 15) is 4.79 Å². The average Bonchev–Trinajstić information content (AvgIpc) is 2.34. The number of nitrogens with two attached hydrogens (primary N) is 1. The van der Waals surface area contributed by atoms with Gasteiger partial charge in [0.1, 0.15) is 0 Å². The Morgan fingerprint density at radius 1 is 1.53 bits per heavy atom. The Bertz CT molecular complexity index is 476. The Hall–Kier alpha value is -1.75. The van der Waals surface area contributed by atoms with Crippen molar-refractivity contribution in [1.29, 1.82) is 0 Å². The molecule has 104 valence electrons. The van der Waals surface area contributed by atoms with Gasteiger partial charge in [-0.15, -0.1) is 0 Å². The number of likely N-dealkylation sites (tertiary alicyclic amines) is 1. The Morgan fingerprint density at radius 3 is 2.89 bits per heavy atom. The summed E-state index contributed by atoms with van der Waals surface area (Å²) in [4.78, 5) is 13.4. The molecular weight excluding hydrogens is 242 g/mol. The first-order valence-electron chi connectivity index (χ1n) is 6.56. The molecule has 1 heterocycles. The van der Waals surface area contributed by atoms with Gasteiger partial charge in [0, 0.05) is 12.6 Å². The molecule has 1 aliphatic heterocycles. The molecular formula is C14H21N3O2. The summed E-state index contributed by atoms with van der Waals surface area (Å²) in [6.07, 6.45) is 1.04. The molecule has 2 atom stereocenters. The molecule has 1 aromatic carbocycles. The van der Waals surface area contributed by atoms with E-state index in [4.69, 9.17) is 10.8 Å². The number of carboxylic acids is 1. The highest BCUT2D eigenvalue weighted by molar-refractivity contribution is 5.97. The second kappa shape index (κ2) is 5.48. The van der Waals surface area contributed by atoms with Crippen molar-refractivity contribution in [2.24, 2.45) is 5.92 Å². The van der Waals surface area contributed by atoms with Gasteiger partial charge in [-0.2, -0.15) is 0 Å². The largest absolute Gasteiger partial charge is 0.478 e. The Kier molecular flexibility index (Phi) is 3.95. The lowest BCUT2D eigenvalue weighted by atomic mass is 9.93. The Balaban J connectivity index is 2.15. The molecule has 0 radical (unpaired) electrons. The topological polar surface area (TPSA) is 78.6 Å². The fraction of sp³-hybridized carbons (Fsp3) is 0.500. The van der Waals surface area contributed by atoms with E-state index < -0.39 is 5.97 Å². The second-order valence-corrected chi connectivity index (χ2v) is 5.35. The molecule has 0 saturated carbocycles. The predicted octanol–water partition coefficient (Wildman–Crippen LogP) is 1.72. The smallest absolute Gasteiger partial charge is 0.337 e. The van der Waals surface area contributed by atoms with Crippen molar-refractivity contribution in [3.05, 3.63) is 23.8 Å². The number of anilines is 2. The van der Waals surface area contributed by atoms with E-state index in [1.807, 2.05) is 6.07 Å². The predicted molar refractivity (Wildman–Crippen MR) is 76.5 cm³/mol. The monoisotopic (exact) mass is 263 g/mol. The van der Waals surface area contributed by atoms with Crippen LogP contribution in [0.2, 0.25) is 0 Å². The van der Waals surface area contributed by atoms with Gasteiger partial charge < -0.3 is 21.1 Å². The number of nitrogen functional groups attached to an aromatic ring is 1. The molecule has 4 N–H and O–H groups in total. The van der Waals surface area contributed by atoms with E-state index >= 15 is 0 Å². The summed E-state index contributed by atoms with van der Waals surface area (Å²) in [7, 11) is 2.12. The van der Waals surface area contributed by atoms with Crippen LogP contribution in [0.1, 0.15) is 23.7 Å². The molecule has 0 aromatic heterocycles. The number of benzene rings is 1. The van der Waals surface area contributed by atoms with Crippen molar-refractivity contribution in [1.82, 2.24) is 4.90 Å². The summed E-state index contributed by atoms with van der Waals surface area (Å²) in [6.45, 7) is 4.28. The number of hydrogen-bond donors (Lipinski definition) is 3. The van der Waals surface area contributed by atoms with Gasteiger partial charge in [0.15, 0.2) is 0 Å². The van der Waals surface area contributed by atoms with Crippen molar-refractivity contribution < 1.29 is 9.90 Å². The van der Waals surface area contributed by atoms with Gasteiger partial charge in [0.05, 0.1) is 16.9 Å². The van der Waals surface area contributed by atoms with Gasteiger partial charge >= 0.3 is 5.97 Å². The summed E-state index contributed by atoms with van der Waals surface area (Å²) >= 11 is 0. The summed E-state index contributed by atoms with van der Waals surface area (Å²) in [5, 5.41) is 12.5. The molecule has 0 spiro atoms. The minimum Gasteiger partial charge on any atom is -0.478 e. The third-order valence-electron chi connectivity index (χ3n) is 3.79. The minimum absolute atomic E-state index is 0.158. The van der Waals surface area contributed by atoms with Crippen molar-refractivity contribution in [3.8, 4) is 0 Å². The maximum atomic E-state index is 11.1. The van der Waals surface area contributed by atoms with E-state index in [-0.39, 0.29) is 5.56 Å². The van der Waals surface area contributed by atoms with Crippen molar-refractivity contribution in [3.63, 3.8) is 0 Å². The van der Waals surface area contributed by atoms with Crippen LogP contribution in [0.4, 0.5) is 11.4 Å². The zero-order chi connectivity index (χ0) is 14.0. The molecule has 0 bridgehead atoms. The van der Waals surface area contributed by atoms with E-state index in [0.29, 0.717) is 17.6 Å². The average molecular weight is 263 g/mol. The maximum absolute atomic E-state index is 11.1. The van der Waals surface area contributed by atoms with Crippen LogP contribution in [0, 0.1) is 5.92 Å². The number of carboxylic acid groups (broad SMARTS) is 1. The highest BCUT2D eigenvalue weighted by Gasteiger charge is 2.24. The summed E-state index contributed by atoms with van der Waals surface area (Å²) in [5.74, 6) is -0.482. The fourth-order valence-electron chi connectivity index (χ4n) is 2.65. The number of piperidine rings is 1. The highest BCUT2D eigenvalue weighted by atomic mass is 16.4. The van der Waals surface area contributed by atoms with Crippen LogP contribution in [0.15, 0.2) is 18.2 Å². The third-order valence-corrected chi connectivity index (χ3v) is 3.79. The molecule has 0 aliphatic carbocycles. The first-order chi connectivity index (χ1) is 8.99. The van der Waals surface area contributed by atoms with Crippen LogP contribution in [-0.4, -0.2) is 42.2 Å². The second-order valence-electron chi connectivity index (χ2n) is 5.35. The number of rotatable bonds is 3. The van der Waals surface area contributed by atoms with Crippen molar-refractivity contribution in [2.45, 2.75) is 19.4 Å². The number of aromatic carboxylic acids is 1. The normalized spacial score (nSPS) is 24.1. The van der Waals surface area contributed by atoms with Crippen LogP contribution in [-0.2, 0) is 0 Å². The van der Waals surface area contributed by atoms with Gasteiger partial charge in [-0.25, -0.2) is 4.79 Å². The van der Waals surface area contributed by atoms with Gasteiger partial charge in [-0.3, -0.25) is 0 Å². The molecule has 2 rings (SSSR count). The van der Waals surface area contributed by atoms with E-state index in [2.05, 4.69) is 24.2 Å². The number of nitrogens with zero attached hydrogens (tertiary/aromatic N) is 1. The van der Waals surface area contributed by atoms with Crippen LogP contribution in [0.25, 0.3) is 0 Å². The summed E-state index contributed by atoms with van der Waals surface area (Å²) in [5.41, 5.74) is 7.12. The molecule has 1 fully saturated rings. The summed E-state index contributed by atoms with van der Waals surface area (Å²) in [6, 6.07) is 5.43. The third kappa shape index (κ3) is 2.98. The molecule has 5 heteroatoms. The SMILES string of the molecule is CC1CN(C)CCC1Nc1cccc(C(=O)O)c1N.